The first kappa shape index (κ1) is 14.1. The van der Waals surface area contributed by atoms with Crippen LogP contribution in [-0.4, -0.2) is 29.0 Å². The van der Waals surface area contributed by atoms with Gasteiger partial charge >= 0.3 is 0 Å². The average molecular weight is 299 g/mol. The Balaban J connectivity index is 2.19. The number of benzene rings is 1. The Morgan fingerprint density at radius 3 is 2.84 bits per heavy atom. The van der Waals surface area contributed by atoms with Gasteiger partial charge in [-0.3, -0.25) is 0 Å². The molecule has 4 nitrogen and oxygen atoms in total. The second-order valence-corrected chi connectivity index (χ2v) is 5.90. The van der Waals surface area contributed by atoms with Crippen molar-refractivity contribution in [2.75, 3.05) is 19.0 Å². The summed E-state index contributed by atoms with van der Waals surface area (Å²) in [5, 5.41) is 15.2. The quantitative estimate of drug-likeness (QED) is 0.881. The van der Waals surface area contributed by atoms with Gasteiger partial charge in [-0.1, -0.05) is 23.5 Å². The molecule has 0 aliphatic rings. The number of aromatic nitrogens is 2. The predicted octanol–water partition coefficient (Wildman–Crippen LogP) is 2.61. The monoisotopic (exact) mass is 299 g/mol. The molecule has 0 bridgehead atoms. The maximum atomic E-state index is 13.1. The molecule has 1 aromatic heterocycles. The molecule has 2 rings (SSSR count). The molecule has 1 aromatic carbocycles. The van der Waals surface area contributed by atoms with Crippen LogP contribution in [0.3, 0.4) is 0 Å². The normalized spacial score (nSPS) is 12.4. The third-order valence-corrected chi connectivity index (χ3v) is 4.03. The number of hydrogen-bond donors (Lipinski definition) is 1. The first-order chi connectivity index (χ1) is 8.97. The highest BCUT2D eigenvalue weighted by atomic mass is 32.1. The summed E-state index contributed by atoms with van der Waals surface area (Å²) in [4.78, 5) is 1.85. The van der Waals surface area contributed by atoms with Crippen molar-refractivity contribution in [1.29, 1.82) is 0 Å². The van der Waals surface area contributed by atoms with Gasteiger partial charge in [0.25, 0.3) is 0 Å². The molecule has 0 aliphatic heterocycles. The van der Waals surface area contributed by atoms with Crippen molar-refractivity contribution in [2.24, 2.45) is 0 Å². The molecule has 2 aromatic rings. The zero-order valence-electron chi connectivity index (χ0n) is 10.6. The fraction of sp³-hybridized carbons (Fsp3) is 0.333. The van der Waals surface area contributed by atoms with Crippen molar-refractivity contribution >= 4 is 28.7 Å². The Hall–Kier alpha value is -1.31. The van der Waals surface area contributed by atoms with Crippen LogP contribution in [0.1, 0.15) is 11.7 Å². The standard InChI is InChI=1S/C12H14FN3OS2/c1-15(2)11-14-16(12(18)19-11)7-10(17)8-4-3-5-9(13)6-8/h3-6,10,17H,7H2,1-2H3. The molecule has 1 atom stereocenters. The predicted molar refractivity (Wildman–Crippen MR) is 76.6 cm³/mol. The van der Waals surface area contributed by atoms with Gasteiger partial charge in [-0.05, 0) is 29.9 Å². The van der Waals surface area contributed by atoms with Crippen molar-refractivity contribution in [2.45, 2.75) is 12.6 Å². The second-order valence-electron chi connectivity index (χ2n) is 4.30. The number of nitrogens with zero attached hydrogens (tertiary/aromatic N) is 3. The maximum Gasteiger partial charge on any atom is 0.206 e. The summed E-state index contributed by atoms with van der Waals surface area (Å²) < 4.78 is 15.2. The van der Waals surface area contributed by atoms with Crippen LogP contribution >= 0.6 is 23.6 Å². The number of rotatable bonds is 4. The molecule has 0 fully saturated rings. The minimum absolute atomic E-state index is 0.215. The van der Waals surface area contributed by atoms with E-state index in [0.717, 1.165) is 5.13 Å². The average Bonchev–Trinajstić information content (AvgIpc) is 2.71. The van der Waals surface area contributed by atoms with Crippen molar-refractivity contribution in [3.8, 4) is 0 Å². The summed E-state index contributed by atoms with van der Waals surface area (Å²) in [5.41, 5.74) is 0.515. The summed E-state index contributed by atoms with van der Waals surface area (Å²) in [5.74, 6) is -0.368. The smallest absolute Gasteiger partial charge is 0.206 e. The molecule has 7 heteroatoms. The van der Waals surface area contributed by atoms with E-state index in [9.17, 15) is 9.50 Å². The van der Waals surface area contributed by atoms with Crippen molar-refractivity contribution in [3.05, 3.63) is 39.6 Å². The molecule has 0 saturated carbocycles. The number of aliphatic hydroxyl groups excluding tert-OH is 1. The minimum Gasteiger partial charge on any atom is -0.386 e. The zero-order chi connectivity index (χ0) is 14.0. The van der Waals surface area contributed by atoms with Crippen LogP contribution in [0.4, 0.5) is 9.52 Å². The fourth-order valence-electron chi connectivity index (χ4n) is 1.57. The molecule has 1 unspecified atom stereocenters. The van der Waals surface area contributed by atoms with Gasteiger partial charge in [-0.15, -0.1) is 5.10 Å². The van der Waals surface area contributed by atoms with E-state index in [1.165, 1.54) is 23.5 Å². The van der Waals surface area contributed by atoms with E-state index in [-0.39, 0.29) is 12.4 Å². The molecule has 1 N–H and O–H groups in total. The van der Waals surface area contributed by atoms with Gasteiger partial charge in [0.2, 0.25) is 5.13 Å². The molecule has 0 saturated heterocycles. The molecule has 0 amide bonds. The van der Waals surface area contributed by atoms with Crippen LogP contribution in [0.5, 0.6) is 0 Å². The van der Waals surface area contributed by atoms with Gasteiger partial charge in [0.15, 0.2) is 3.95 Å². The van der Waals surface area contributed by atoms with Crippen LogP contribution in [-0.2, 0) is 6.54 Å². The Morgan fingerprint density at radius 1 is 1.53 bits per heavy atom. The van der Waals surface area contributed by atoms with Crippen LogP contribution in [0.25, 0.3) is 0 Å². The molecular formula is C12H14FN3OS2. The first-order valence-electron chi connectivity index (χ1n) is 5.66. The van der Waals surface area contributed by atoms with Gasteiger partial charge in [0, 0.05) is 14.1 Å². The fourth-order valence-corrected chi connectivity index (χ4v) is 2.61. The number of anilines is 1. The van der Waals surface area contributed by atoms with Gasteiger partial charge in [0.1, 0.15) is 5.82 Å². The van der Waals surface area contributed by atoms with E-state index in [0.29, 0.717) is 9.52 Å². The lowest BCUT2D eigenvalue weighted by molar-refractivity contribution is 0.151. The molecular weight excluding hydrogens is 285 g/mol. The van der Waals surface area contributed by atoms with Crippen LogP contribution in [0, 0.1) is 9.77 Å². The van der Waals surface area contributed by atoms with E-state index in [1.807, 2.05) is 19.0 Å². The summed E-state index contributed by atoms with van der Waals surface area (Å²) in [6.07, 6.45) is -0.834. The lowest BCUT2D eigenvalue weighted by Gasteiger charge is -2.11. The molecule has 0 spiro atoms. The summed E-state index contributed by atoms with van der Waals surface area (Å²) >= 11 is 6.56. The van der Waals surface area contributed by atoms with E-state index >= 15 is 0 Å². The molecule has 102 valence electrons. The highest BCUT2D eigenvalue weighted by molar-refractivity contribution is 7.73. The van der Waals surface area contributed by atoms with E-state index in [1.54, 1.807) is 16.8 Å². The lowest BCUT2D eigenvalue weighted by Crippen LogP contribution is -2.13. The summed E-state index contributed by atoms with van der Waals surface area (Å²) in [7, 11) is 3.75. The van der Waals surface area contributed by atoms with Crippen molar-refractivity contribution < 1.29 is 9.50 Å². The highest BCUT2D eigenvalue weighted by Crippen LogP contribution is 2.21. The van der Waals surface area contributed by atoms with Crippen LogP contribution in [0.15, 0.2) is 24.3 Å². The van der Waals surface area contributed by atoms with Gasteiger partial charge in [-0.25, -0.2) is 9.07 Å². The Bertz CT molecular complexity index is 623. The second kappa shape index (κ2) is 5.77. The van der Waals surface area contributed by atoms with Gasteiger partial charge in [0.05, 0.1) is 12.6 Å². The van der Waals surface area contributed by atoms with Crippen molar-refractivity contribution in [1.82, 2.24) is 9.78 Å². The van der Waals surface area contributed by atoms with E-state index in [4.69, 9.17) is 12.2 Å². The molecule has 0 radical (unpaired) electrons. The Morgan fingerprint density at radius 2 is 2.26 bits per heavy atom. The summed E-state index contributed by atoms with van der Waals surface area (Å²) in [6, 6.07) is 5.90. The first-order valence-corrected chi connectivity index (χ1v) is 6.88. The molecule has 0 aliphatic carbocycles. The Kier molecular flexibility index (Phi) is 4.28. The lowest BCUT2D eigenvalue weighted by atomic mass is 10.1. The number of hydrogen-bond acceptors (Lipinski definition) is 5. The molecule has 1 heterocycles. The third kappa shape index (κ3) is 3.37. The van der Waals surface area contributed by atoms with Crippen molar-refractivity contribution in [3.63, 3.8) is 0 Å². The zero-order valence-corrected chi connectivity index (χ0v) is 12.2. The van der Waals surface area contributed by atoms with Crippen LogP contribution < -0.4 is 4.90 Å². The number of halogens is 1. The van der Waals surface area contributed by atoms with Gasteiger partial charge in [-0.2, -0.15) is 0 Å². The van der Waals surface area contributed by atoms with E-state index < -0.39 is 6.10 Å². The molecule has 19 heavy (non-hydrogen) atoms. The highest BCUT2D eigenvalue weighted by Gasteiger charge is 2.12. The third-order valence-electron chi connectivity index (χ3n) is 2.56. The minimum atomic E-state index is -0.834. The number of aliphatic hydroxyl groups is 1. The topological polar surface area (TPSA) is 41.3 Å². The van der Waals surface area contributed by atoms with Gasteiger partial charge < -0.3 is 10.0 Å². The Labute approximate surface area is 119 Å². The SMILES string of the molecule is CN(C)c1nn(CC(O)c2cccc(F)c2)c(=S)s1. The van der Waals surface area contributed by atoms with E-state index in [2.05, 4.69) is 5.10 Å². The largest absolute Gasteiger partial charge is 0.386 e. The maximum absolute atomic E-state index is 13.1. The van der Waals surface area contributed by atoms with Crippen LogP contribution in [0.2, 0.25) is 0 Å². The summed E-state index contributed by atoms with van der Waals surface area (Å²) in [6.45, 7) is 0.215.